The minimum atomic E-state index is -1.40. The molecule has 31 heavy (non-hydrogen) atoms. The number of hydrogen-bond acceptors (Lipinski definition) is 3. The smallest absolute Gasteiger partial charge is 0.331 e. The number of unbranched alkanes of at least 4 members (excludes halogenated alkanes) is 4. The SMILES string of the molecule is C=CCCCCCC[C@](C)(C(=O)O)N(C=O)OCC1c2ccccc2-c2ccccc21. The van der Waals surface area contributed by atoms with E-state index in [9.17, 15) is 14.7 Å². The summed E-state index contributed by atoms with van der Waals surface area (Å²) in [5.74, 6) is -1.11. The Bertz CT molecular complexity index is 880. The van der Waals surface area contributed by atoms with Crippen LogP contribution in [0.15, 0.2) is 61.2 Å². The van der Waals surface area contributed by atoms with Gasteiger partial charge in [0.2, 0.25) is 6.41 Å². The van der Waals surface area contributed by atoms with E-state index in [4.69, 9.17) is 4.84 Å². The van der Waals surface area contributed by atoms with Crippen LogP contribution in [0.3, 0.4) is 0 Å². The maximum absolute atomic E-state index is 12.1. The molecule has 0 heterocycles. The number of nitrogens with zero attached hydrogens (tertiary/aromatic N) is 1. The predicted octanol–water partition coefficient (Wildman–Crippen LogP) is 5.56. The highest BCUT2D eigenvalue weighted by atomic mass is 16.7. The third kappa shape index (κ3) is 4.88. The molecule has 0 saturated carbocycles. The summed E-state index contributed by atoms with van der Waals surface area (Å²) in [5, 5.41) is 10.9. The number of aliphatic carboxylic acids is 1. The quantitative estimate of drug-likeness (QED) is 0.199. The van der Waals surface area contributed by atoms with Crippen molar-refractivity contribution >= 4 is 12.4 Å². The minimum absolute atomic E-state index is 0.0493. The number of hydrogen-bond donors (Lipinski definition) is 1. The molecule has 0 saturated heterocycles. The average molecular weight is 422 g/mol. The van der Waals surface area contributed by atoms with Crippen molar-refractivity contribution in [2.24, 2.45) is 0 Å². The molecule has 0 fully saturated rings. The molecular weight excluding hydrogens is 390 g/mol. The molecule has 2 aromatic rings. The molecule has 1 amide bonds. The maximum Gasteiger partial charge on any atom is 0.331 e. The number of carboxylic acids is 1. The van der Waals surface area contributed by atoms with E-state index >= 15 is 0 Å². The Morgan fingerprint density at radius 2 is 1.65 bits per heavy atom. The molecule has 1 atom stereocenters. The number of carbonyl (C=O) groups is 2. The lowest BCUT2D eigenvalue weighted by atomic mass is 9.93. The van der Waals surface area contributed by atoms with Crippen LogP contribution in [0.5, 0.6) is 0 Å². The summed E-state index contributed by atoms with van der Waals surface area (Å²) in [5.41, 5.74) is 3.18. The van der Waals surface area contributed by atoms with Gasteiger partial charge in [0, 0.05) is 5.92 Å². The summed E-state index contributed by atoms with van der Waals surface area (Å²) in [6, 6.07) is 16.3. The molecule has 0 unspecified atom stereocenters. The zero-order valence-electron chi connectivity index (χ0n) is 18.1. The van der Waals surface area contributed by atoms with Crippen LogP contribution < -0.4 is 0 Å². The van der Waals surface area contributed by atoms with Crippen molar-refractivity contribution < 1.29 is 19.5 Å². The molecule has 1 N–H and O–H groups in total. The lowest BCUT2D eigenvalue weighted by Crippen LogP contribution is -2.52. The van der Waals surface area contributed by atoms with Gasteiger partial charge in [0.15, 0.2) is 5.54 Å². The molecule has 3 rings (SSSR count). The lowest BCUT2D eigenvalue weighted by Gasteiger charge is -2.34. The van der Waals surface area contributed by atoms with E-state index in [1.165, 1.54) is 0 Å². The minimum Gasteiger partial charge on any atom is -0.479 e. The van der Waals surface area contributed by atoms with Crippen LogP contribution in [0, 0.1) is 0 Å². The highest BCUT2D eigenvalue weighted by Gasteiger charge is 2.41. The molecule has 164 valence electrons. The van der Waals surface area contributed by atoms with E-state index in [0.29, 0.717) is 19.3 Å². The number of rotatable bonds is 13. The number of fused-ring (bicyclic) bond motifs is 3. The highest BCUT2D eigenvalue weighted by molar-refractivity contribution is 5.80. The van der Waals surface area contributed by atoms with Gasteiger partial charge in [-0.2, -0.15) is 0 Å². The fourth-order valence-corrected chi connectivity index (χ4v) is 4.31. The van der Waals surface area contributed by atoms with Gasteiger partial charge >= 0.3 is 5.97 Å². The van der Waals surface area contributed by atoms with Crippen LogP contribution in [0.4, 0.5) is 0 Å². The standard InChI is InChI=1S/C26H31NO4/c1-3-4-5-6-7-12-17-26(2,25(29)30)27(19-28)31-18-24-22-15-10-8-13-20(22)21-14-9-11-16-23(21)24/h3,8-11,13-16,19,24H,1,4-7,12,17-18H2,2H3,(H,29,30)/t26-/m1/s1. The zero-order chi connectivity index (χ0) is 22.3. The molecule has 0 aliphatic heterocycles. The maximum atomic E-state index is 12.1. The van der Waals surface area contributed by atoms with Gasteiger partial charge in [0.25, 0.3) is 0 Å². The van der Waals surface area contributed by atoms with Crippen LogP contribution in [0.2, 0.25) is 0 Å². The summed E-state index contributed by atoms with van der Waals surface area (Å²) < 4.78 is 0. The van der Waals surface area contributed by atoms with Gasteiger partial charge < -0.3 is 5.11 Å². The molecule has 2 aromatic carbocycles. The Hall–Kier alpha value is -2.92. The first-order chi connectivity index (χ1) is 15.0. The Labute approximate surface area is 184 Å². The molecule has 1 aliphatic carbocycles. The van der Waals surface area contributed by atoms with Crippen molar-refractivity contribution in [1.29, 1.82) is 0 Å². The molecule has 0 bridgehead atoms. The Morgan fingerprint density at radius 1 is 1.06 bits per heavy atom. The molecule has 0 spiro atoms. The topological polar surface area (TPSA) is 66.8 Å². The second-order valence-corrected chi connectivity index (χ2v) is 8.27. The number of hydroxylamine groups is 2. The van der Waals surface area contributed by atoms with Crippen LogP contribution in [-0.2, 0) is 14.4 Å². The number of carboxylic acid groups (broad SMARTS) is 1. The summed E-state index contributed by atoms with van der Waals surface area (Å²) in [6.07, 6.45) is 7.37. The zero-order valence-corrected chi connectivity index (χ0v) is 18.1. The highest BCUT2D eigenvalue weighted by Crippen LogP contribution is 2.44. The van der Waals surface area contributed by atoms with Gasteiger partial charge in [-0.05, 0) is 48.4 Å². The molecule has 5 heteroatoms. The predicted molar refractivity (Wildman–Crippen MR) is 122 cm³/mol. The number of carbonyl (C=O) groups excluding carboxylic acids is 1. The van der Waals surface area contributed by atoms with Gasteiger partial charge in [-0.15, -0.1) is 6.58 Å². The third-order valence-electron chi connectivity index (χ3n) is 6.21. The first-order valence-electron chi connectivity index (χ1n) is 10.9. The van der Waals surface area contributed by atoms with E-state index in [1.54, 1.807) is 6.92 Å². The number of benzene rings is 2. The van der Waals surface area contributed by atoms with Gasteiger partial charge in [-0.3, -0.25) is 9.63 Å². The number of allylic oxidation sites excluding steroid dienone is 1. The largest absolute Gasteiger partial charge is 0.479 e. The third-order valence-corrected chi connectivity index (χ3v) is 6.21. The van der Waals surface area contributed by atoms with E-state index < -0.39 is 11.5 Å². The molecule has 0 radical (unpaired) electrons. The second-order valence-electron chi connectivity index (χ2n) is 8.27. The Morgan fingerprint density at radius 3 is 2.19 bits per heavy atom. The van der Waals surface area contributed by atoms with E-state index in [2.05, 4.69) is 30.8 Å². The van der Waals surface area contributed by atoms with E-state index in [1.807, 2.05) is 30.3 Å². The van der Waals surface area contributed by atoms with E-state index in [0.717, 1.165) is 53.0 Å². The van der Waals surface area contributed by atoms with Gasteiger partial charge in [-0.1, -0.05) is 73.9 Å². The first kappa shape index (κ1) is 22.8. The molecule has 1 aliphatic rings. The van der Waals surface area contributed by atoms with Crippen LogP contribution in [0.1, 0.15) is 62.5 Å². The van der Waals surface area contributed by atoms with Crippen molar-refractivity contribution in [2.75, 3.05) is 6.61 Å². The van der Waals surface area contributed by atoms with Crippen LogP contribution in [-0.4, -0.2) is 34.7 Å². The first-order valence-corrected chi connectivity index (χ1v) is 10.9. The van der Waals surface area contributed by atoms with Crippen LogP contribution >= 0.6 is 0 Å². The fraction of sp³-hybridized carbons (Fsp3) is 0.385. The summed E-state index contributed by atoms with van der Waals surface area (Å²) in [6.45, 7) is 5.48. The Balaban J connectivity index is 1.70. The molecule has 0 aromatic heterocycles. The summed E-state index contributed by atoms with van der Waals surface area (Å²) >= 11 is 0. The lowest BCUT2D eigenvalue weighted by molar-refractivity contribution is -0.217. The number of amides is 1. The average Bonchev–Trinajstić information content (AvgIpc) is 3.10. The van der Waals surface area contributed by atoms with Crippen molar-refractivity contribution in [3.05, 3.63) is 72.3 Å². The van der Waals surface area contributed by atoms with Crippen molar-refractivity contribution in [3.8, 4) is 11.1 Å². The van der Waals surface area contributed by atoms with E-state index in [-0.39, 0.29) is 12.5 Å². The van der Waals surface area contributed by atoms with Gasteiger partial charge in [-0.25, -0.2) is 9.86 Å². The molecular formula is C26H31NO4. The van der Waals surface area contributed by atoms with Crippen LogP contribution in [0.25, 0.3) is 11.1 Å². The fourth-order valence-electron chi connectivity index (χ4n) is 4.31. The monoisotopic (exact) mass is 421 g/mol. The van der Waals surface area contributed by atoms with Crippen molar-refractivity contribution in [2.45, 2.75) is 56.9 Å². The van der Waals surface area contributed by atoms with Gasteiger partial charge in [0.05, 0.1) is 6.61 Å². The Kier molecular flexibility index (Phi) is 7.64. The second kappa shape index (κ2) is 10.4. The summed E-state index contributed by atoms with van der Waals surface area (Å²) in [4.78, 5) is 29.8. The van der Waals surface area contributed by atoms with Crippen molar-refractivity contribution in [1.82, 2.24) is 5.06 Å². The van der Waals surface area contributed by atoms with Crippen molar-refractivity contribution in [3.63, 3.8) is 0 Å². The molecule has 5 nitrogen and oxygen atoms in total. The summed E-state index contributed by atoms with van der Waals surface area (Å²) in [7, 11) is 0. The normalized spacial score (nSPS) is 14.4. The van der Waals surface area contributed by atoms with Gasteiger partial charge in [0.1, 0.15) is 0 Å².